The molecule has 0 radical (unpaired) electrons. The van der Waals surface area contributed by atoms with Gasteiger partial charge in [-0.15, -0.1) is 27.7 Å². The first-order valence-corrected chi connectivity index (χ1v) is 9.41. The van der Waals surface area contributed by atoms with Gasteiger partial charge in [-0.1, -0.05) is 11.3 Å². The number of halogens is 1. The van der Waals surface area contributed by atoms with Crippen molar-refractivity contribution < 1.29 is 0 Å². The van der Waals surface area contributed by atoms with E-state index in [0.29, 0.717) is 5.92 Å². The molecule has 0 amide bonds. The summed E-state index contributed by atoms with van der Waals surface area (Å²) in [5, 5.41) is 20.6. The second-order valence-electron chi connectivity index (χ2n) is 7.39. The number of nitrogens with one attached hydrogen (secondary N) is 1. The Kier molecular flexibility index (Phi) is 5.12. The third-order valence-corrected chi connectivity index (χ3v) is 5.69. The summed E-state index contributed by atoms with van der Waals surface area (Å²) < 4.78 is 4.15. The molecule has 2 aliphatic rings. The lowest BCUT2D eigenvalue weighted by molar-refractivity contribution is 0.199. The van der Waals surface area contributed by atoms with E-state index in [1.165, 1.54) is 11.4 Å². The van der Waals surface area contributed by atoms with Crippen molar-refractivity contribution in [2.24, 2.45) is 7.05 Å². The number of benzene rings is 1. The Bertz CT molecular complexity index is 925. The lowest BCUT2D eigenvalue weighted by Crippen LogP contribution is -2.34. The first kappa shape index (κ1) is 18.3. The number of nitrogens with zero attached hydrogens (tertiary/aromatic N) is 7. The van der Waals surface area contributed by atoms with Crippen molar-refractivity contribution in [2.45, 2.75) is 38.4 Å². The minimum absolute atomic E-state index is 0. The lowest BCUT2D eigenvalue weighted by Gasteiger charge is -2.32. The highest BCUT2D eigenvalue weighted by Crippen LogP contribution is 2.28. The summed E-state index contributed by atoms with van der Waals surface area (Å²) in [5.41, 5.74) is 3.37. The van der Waals surface area contributed by atoms with Crippen LogP contribution in [-0.4, -0.2) is 54.3 Å². The van der Waals surface area contributed by atoms with Crippen LogP contribution in [0, 0.1) is 0 Å². The Morgan fingerprint density at radius 2 is 1.96 bits per heavy atom. The normalized spacial score (nSPS) is 18.4. The van der Waals surface area contributed by atoms with E-state index < -0.39 is 0 Å². The molecule has 2 aromatic heterocycles. The van der Waals surface area contributed by atoms with Crippen molar-refractivity contribution in [3.8, 4) is 0 Å². The molecular weight excluding hydrogens is 364 g/mol. The highest BCUT2D eigenvalue weighted by molar-refractivity contribution is 5.85. The Labute approximate surface area is 164 Å². The molecule has 3 aromatic rings. The fourth-order valence-corrected chi connectivity index (χ4v) is 4.21. The van der Waals surface area contributed by atoms with E-state index in [1.807, 2.05) is 11.7 Å². The number of hydrogen-bond acceptors (Lipinski definition) is 6. The topological polar surface area (TPSA) is 76.7 Å². The molecule has 1 N–H and O–H groups in total. The second kappa shape index (κ2) is 7.53. The van der Waals surface area contributed by atoms with Crippen LogP contribution < -0.4 is 5.32 Å². The zero-order valence-corrected chi connectivity index (χ0v) is 16.3. The Hall–Kier alpha value is -2.03. The number of piperidine rings is 1. The van der Waals surface area contributed by atoms with Crippen molar-refractivity contribution >= 4 is 23.4 Å². The summed E-state index contributed by atoms with van der Waals surface area (Å²) in [6.07, 6.45) is 2.30. The summed E-state index contributed by atoms with van der Waals surface area (Å²) >= 11 is 0. The molecule has 8 nitrogen and oxygen atoms in total. The minimum atomic E-state index is 0. The number of aryl methyl sites for hydroxylation is 1. The smallest absolute Gasteiger partial charge is 0.147 e. The quantitative estimate of drug-likeness (QED) is 0.732. The van der Waals surface area contributed by atoms with Crippen LogP contribution in [0.5, 0.6) is 0 Å². The largest absolute Gasteiger partial charge is 0.312 e. The van der Waals surface area contributed by atoms with E-state index in [4.69, 9.17) is 0 Å². The van der Waals surface area contributed by atoms with Gasteiger partial charge in [-0.2, -0.15) is 0 Å². The zero-order valence-electron chi connectivity index (χ0n) is 15.5. The summed E-state index contributed by atoms with van der Waals surface area (Å²) in [7, 11) is 1.93. The van der Waals surface area contributed by atoms with E-state index in [1.54, 1.807) is 0 Å². The molecule has 0 aliphatic carbocycles. The van der Waals surface area contributed by atoms with Crippen LogP contribution >= 0.6 is 12.4 Å². The summed E-state index contributed by atoms with van der Waals surface area (Å²) in [6.45, 7) is 6.03. The molecule has 1 saturated heterocycles. The number of rotatable bonds is 3. The molecule has 0 bridgehead atoms. The van der Waals surface area contributed by atoms with E-state index in [0.717, 1.165) is 69.0 Å². The standard InChI is InChI=1S/C18H24N8.ClH/c1-24-16-3-2-13(10-15(16)20-23-24)12-25-7-4-14(5-8-25)18-22-21-17-11-19-6-9-26(17)18;/h2-3,10,14,19H,4-9,11-12H2,1H3;1H. The predicted octanol–water partition coefficient (Wildman–Crippen LogP) is 1.46. The molecule has 0 spiro atoms. The van der Waals surface area contributed by atoms with Gasteiger partial charge in [0.05, 0.1) is 12.1 Å². The fraction of sp³-hybridized carbons (Fsp3) is 0.556. The third-order valence-electron chi connectivity index (χ3n) is 5.69. The van der Waals surface area contributed by atoms with Crippen molar-refractivity contribution in [1.82, 2.24) is 40.0 Å². The first-order chi connectivity index (χ1) is 12.8. The molecule has 1 fully saturated rings. The fourth-order valence-electron chi connectivity index (χ4n) is 4.21. The van der Waals surface area contributed by atoms with Crippen LogP contribution in [0.1, 0.15) is 36.0 Å². The van der Waals surface area contributed by atoms with E-state index >= 15 is 0 Å². The van der Waals surface area contributed by atoms with Crippen LogP contribution in [0.3, 0.4) is 0 Å². The van der Waals surface area contributed by atoms with E-state index in [-0.39, 0.29) is 12.4 Å². The van der Waals surface area contributed by atoms with Crippen LogP contribution in [0.2, 0.25) is 0 Å². The van der Waals surface area contributed by atoms with Gasteiger partial charge in [-0.3, -0.25) is 4.90 Å². The minimum Gasteiger partial charge on any atom is -0.312 e. The molecular formula is C18H25ClN8. The Morgan fingerprint density at radius 3 is 2.81 bits per heavy atom. The van der Waals surface area contributed by atoms with Crippen LogP contribution in [-0.2, 0) is 26.7 Å². The van der Waals surface area contributed by atoms with Gasteiger partial charge in [0.1, 0.15) is 17.2 Å². The highest BCUT2D eigenvalue weighted by Gasteiger charge is 2.27. The average Bonchev–Trinajstić information content (AvgIpc) is 3.26. The van der Waals surface area contributed by atoms with Crippen molar-refractivity contribution in [2.75, 3.05) is 19.6 Å². The maximum Gasteiger partial charge on any atom is 0.147 e. The monoisotopic (exact) mass is 388 g/mol. The zero-order chi connectivity index (χ0) is 17.5. The molecule has 27 heavy (non-hydrogen) atoms. The van der Waals surface area contributed by atoms with Crippen molar-refractivity contribution in [3.63, 3.8) is 0 Å². The third kappa shape index (κ3) is 3.44. The summed E-state index contributed by atoms with van der Waals surface area (Å²) in [5.74, 6) is 2.82. The number of fused-ring (bicyclic) bond motifs is 2. The van der Waals surface area contributed by atoms with Gasteiger partial charge in [0.25, 0.3) is 0 Å². The van der Waals surface area contributed by atoms with Gasteiger partial charge < -0.3 is 9.88 Å². The molecule has 2 aliphatic heterocycles. The van der Waals surface area contributed by atoms with Gasteiger partial charge >= 0.3 is 0 Å². The average molecular weight is 389 g/mol. The first-order valence-electron chi connectivity index (χ1n) is 9.41. The van der Waals surface area contributed by atoms with Crippen LogP contribution in [0.15, 0.2) is 18.2 Å². The van der Waals surface area contributed by atoms with Gasteiger partial charge in [-0.25, -0.2) is 4.68 Å². The summed E-state index contributed by atoms with van der Waals surface area (Å²) in [4.78, 5) is 2.53. The maximum atomic E-state index is 4.50. The Morgan fingerprint density at radius 1 is 1.11 bits per heavy atom. The van der Waals surface area contributed by atoms with Crippen LogP contribution in [0.25, 0.3) is 11.0 Å². The number of aromatic nitrogens is 6. The molecule has 1 aromatic carbocycles. The van der Waals surface area contributed by atoms with E-state index in [9.17, 15) is 0 Å². The number of likely N-dealkylation sites (tertiary alicyclic amines) is 1. The highest BCUT2D eigenvalue weighted by atomic mass is 35.5. The predicted molar refractivity (Wildman–Crippen MR) is 105 cm³/mol. The van der Waals surface area contributed by atoms with Crippen molar-refractivity contribution in [3.05, 3.63) is 35.4 Å². The SMILES string of the molecule is Cl.Cn1nnc2cc(CN3CCC(c4nnc5n4CCNC5)CC3)ccc21. The molecule has 5 rings (SSSR count). The molecule has 0 saturated carbocycles. The summed E-state index contributed by atoms with van der Waals surface area (Å²) in [6, 6.07) is 6.48. The molecule has 144 valence electrons. The molecule has 9 heteroatoms. The van der Waals surface area contributed by atoms with E-state index in [2.05, 4.69) is 53.5 Å². The van der Waals surface area contributed by atoms with Gasteiger partial charge in [0.2, 0.25) is 0 Å². The van der Waals surface area contributed by atoms with Gasteiger partial charge in [0, 0.05) is 32.6 Å². The van der Waals surface area contributed by atoms with Gasteiger partial charge in [0.15, 0.2) is 0 Å². The molecule has 0 unspecified atom stereocenters. The van der Waals surface area contributed by atoms with Gasteiger partial charge in [-0.05, 0) is 43.6 Å². The molecule has 4 heterocycles. The lowest BCUT2D eigenvalue weighted by atomic mass is 9.95. The number of hydrogen-bond donors (Lipinski definition) is 1. The van der Waals surface area contributed by atoms with Crippen molar-refractivity contribution in [1.29, 1.82) is 0 Å². The maximum absolute atomic E-state index is 4.50. The Balaban J connectivity index is 0.00000180. The second-order valence-corrected chi connectivity index (χ2v) is 7.39. The molecule has 0 atom stereocenters. The van der Waals surface area contributed by atoms with Crippen LogP contribution in [0.4, 0.5) is 0 Å².